The highest BCUT2D eigenvalue weighted by Crippen LogP contribution is 2.30. The summed E-state index contributed by atoms with van der Waals surface area (Å²) < 4.78 is 4.99. The molecule has 0 amide bonds. The van der Waals surface area contributed by atoms with Gasteiger partial charge in [-0.1, -0.05) is 36.4 Å². The third-order valence-corrected chi connectivity index (χ3v) is 2.29. The van der Waals surface area contributed by atoms with Crippen LogP contribution in [0.5, 0.6) is 11.5 Å². The lowest BCUT2D eigenvalue weighted by molar-refractivity contribution is 0.373. The first-order valence-corrected chi connectivity index (χ1v) is 4.73. The van der Waals surface area contributed by atoms with Gasteiger partial charge in [0, 0.05) is 0 Å². The van der Waals surface area contributed by atoms with Crippen LogP contribution in [0.2, 0.25) is 0 Å². The van der Waals surface area contributed by atoms with Gasteiger partial charge in [-0.2, -0.15) is 0 Å². The molecule has 0 heterocycles. The largest absolute Gasteiger partial charge is 0.504 e. The Hall–Kier alpha value is -1.96. The molecule has 76 valence electrons. The van der Waals surface area contributed by atoms with E-state index in [4.69, 9.17) is 4.74 Å². The molecule has 2 heteroatoms. The molecule has 0 aromatic heterocycles. The minimum Gasteiger partial charge on any atom is -0.504 e. The Morgan fingerprint density at radius 1 is 0.933 bits per heavy atom. The summed E-state index contributed by atoms with van der Waals surface area (Å²) in [7, 11) is 1.54. The Morgan fingerprint density at radius 3 is 2.27 bits per heavy atom. The molecule has 0 saturated heterocycles. The van der Waals surface area contributed by atoms with Gasteiger partial charge in [0.15, 0.2) is 11.5 Å². The number of methoxy groups -OCH3 is 1. The second-order valence-corrected chi connectivity index (χ2v) is 3.25. The summed E-state index contributed by atoms with van der Waals surface area (Å²) in [5.41, 5.74) is 2.06. The van der Waals surface area contributed by atoms with Crippen molar-refractivity contribution in [3.05, 3.63) is 48.5 Å². The predicted molar refractivity (Wildman–Crippen MR) is 60.1 cm³/mol. The van der Waals surface area contributed by atoms with Gasteiger partial charge < -0.3 is 9.84 Å². The summed E-state index contributed by atoms with van der Waals surface area (Å²) in [6.07, 6.45) is 0. The molecule has 0 aliphatic carbocycles. The average Bonchev–Trinajstić information content (AvgIpc) is 2.30. The number of hydrogen-bond donors (Lipinski definition) is 1. The quantitative estimate of drug-likeness (QED) is 0.807. The molecule has 0 radical (unpaired) electrons. The molecule has 0 atom stereocenters. The first-order valence-electron chi connectivity index (χ1n) is 4.73. The Morgan fingerprint density at radius 2 is 1.67 bits per heavy atom. The van der Waals surface area contributed by atoms with Gasteiger partial charge in [-0.15, -0.1) is 0 Å². The highest BCUT2D eigenvalue weighted by atomic mass is 16.5. The van der Waals surface area contributed by atoms with Crippen LogP contribution >= 0.6 is 0 Å². The summed E-state index contributed by atoms with van der Waals surface area (Å²) in [5.74, 6) is 0.661. The predicted octanol–water partition coefficient (Wildman–Crippen LogP) is 3.07. The molecule has 1 N–H and O–H groups in total. The molecule has 0 saturated carbocycles. The van der Waals surface area contributed by atoms with Crippen molar-refractivity contribution in [1.82, 2.24) is 0 Å². The van der Waals surface area contributed by atoms with E-state index < -0.39 is 0 Å². The lowest BCUT2D eigenvalue weighted by Gasteiger charge is -2.06. The topological polar surface area (TPSA) is 29.5 Å². The normalized spacial score (nSPS) is 9.93. The standard InChI is InChI=1S/C13H12O2/c1-15-13-8-7-11(9-12(13)14)10-5-3-2-4-6-10/h2-9,14H,1H3. The van der Waals surface area contributed by atoms with Crippen molar-refractivity contribution in [2.45, 2.75) is 0 Å². The second-order valence-electron chi connectivity index (χ2n) is 3.25. The van der Waals surface area contributed by atoms with Crippen LogP contribution in [-0.2, 0) is 0 Å². The minimum absolute atomic E-state index is 0.166. The molecular weight excluding hydrogens is 188 g/mol. The molecule has 0 aliphatic heterocycles. The molecule has 2 nitrogen and oxygen atoms in total. The average molecular weight is 200 g/mol. The van der Waals surface area contributed by atoms with Crippen molar-refractivity contribution in [2.24, 2.45) is 0 Å². The fourth-order valence-electron chi connectivity index (χ4n) is 1.50. The maximum atomic E-state index is 9.63. The summed E-state index contributed by atoms with van der Waals surface area (Å²) in [6.45, 7) is 0. The van der Waals surface area contributed by atoms with Crippen LogP contribution in [-0.4, -0.2) is 12.2 Å². The van der Waals surface area contributed by atoms with Crippen molar-refractivity contribution >= 4 is 0 Å². The molecule has 0 aliphatic rings. The van der Waals surface area contributed by atoms with Gasteiger partial charge in [-0.25, -0.2) is 0 Å². The molecule has 0 bridgehead atoms. The van der Waals surface area contributed by atoms with Gasteiger partial charge in [-0.3, -0.25) is 0 Å². The van der Waals surface area contributed by atoms with Crippen molar-refractivity contribution in [1.29, 1.82) is 0 Å². The number of benzene rings is 2. The van der Waals surface area contributed by atoms with E-state index in [9.17, 15) is 5.11 Å². The minimum atomic E-state index is 0.166. The SMILES string of the molecule is COc1ccc(-c2ccccc2)cc1O. The smallest absolute Gasteiger partial charge is 0.160 e. The third kappa shape index (κ3) is 1.94. The summed E-state index contributed by atoms with van der Waals surface area (Å²) in [6, 6.07) is 15.3. The Kier molecular flexibility index (Phi) is 2.59. The summed E-state index contributed by atoms with van der Waals surface area (Å²) in [4.78, 5) is 0. The lowest BCUT2D eigenvalue weighted by atomic mass is 10.1. The van der Waals surface area contributed by atoms with E-state index >= 15 is 0 Å². The van der Waals surface area contributed by atoms with Crippen LogP contribution in [0.25, 0.3) is 11.1 Å². The van der Waals surface area contributed by atoms with Gasteiger partial charge in [0.1, 0.15) is 0 Å². The van der Waals surface area contributed by atoms with E-state index in [2.05, 4.69) is 0 Å². The monoisotopic (exact) mass is 200 g/mol. The molecule has 2 aromatic carbocycles. The van der Waals surface area contributed by atoms with Crippen molar-refractivity contribution in [3.63, 3.8) is 0 Å². The Labute approximate surface area is 88.8 Å². The number of phenolic OH excluding ortho intramolecular Hbond substituents is 1. The number of ether oxygens (including phenoxy) is 1. The first kappa shape index (κ1) is 9.59. The van der Waals surface area contributed by atoms with Crippen LogP contribution < -0.4 is 4.74 Å². The van der Waals surface area contributed by atoms with E-state index in [0.29, 0.717) is 5.75 Å². The Bertz CT molecular complexity index is 449. The third-order valence-electron chi connectivity index (χ3n) is 2.29. The van der Waals surface area contributed by atoms with Gasteiger partial charge in [0.2, 0.25) is 0 Å². The molecule has 2 rings (SSSR count). The highest BCUT2D eigenvalue weighted by Gasteiger charge is 2.03. The van der Waals surface area contributed by atoms with Crippen LogP contribution in [0.4, 0.5) is 0 Å². The van der Waals surface area contributed by atoms with Crippen LogP contribution in [0, 0.1) is 0 Å². The highest BCUT2D eigenvalue weighted by molar-refractivity contribution is 5.66. The second kappa shape index (κ2) is 4.05. The first-order chi connectivity index (χ1) is 7.31. The van der Waals surface area contributed by atoms with E-state index in [1.165, 1.54) is 7.11 Å². The summed E-state index contributed by atoms with van der Waals surface area (Å²) >= 11 is 0. The van der Waals surface area contributed by atoms with Crippen molar-refractivity contribution in [3.8, 4) is 22.6 Å². The molecule has 15 heavy (non-hydrogen) atoms. The Balaban J connectivity index is 2.43. The zero-order valence-electron chi connectivity index (χ0n) is 8.47. The van der Waals surface area contributed by atoms with Gasteiger partial charge in [0.05, 0.1) is 7.11 Å². The summed E-state index contributed by atoms with van der Waals surface area (Å²) in [5, 5.41) is 9.63. The van der Waals surface area contributed by atoms with Crippen LogP contribution in [0.1, 0.15) is 0 Å². The zero-order chi connectivity index (χ0) is 10.7. The maximum absolute atomic E-state index is 9.63. The number of phenols is 1. The van der Waals surface area contributed by atoms with E-state index in [1.807, 2.05) is 36.4 Å². The number of hydrogen-bond acceptors (Lipinski definition) is 2. The lowest BCUT2D eigenvalue weighted by Crippen LogP contribution is -1.84. The van der Waals surface area contributed by atoms with Gasteiger partial charge in [-0.05, 0) is 23.3 Å². The van der Waals surface area contributed by atoms with E-state index in [1.54, 1.807) is 12.1 Å². The van der Waals surface area contributed by atoms with Crippen LogP contribution in [0.15, 0.2) is 48.5 Å². The van der Waals surface area contributed by atoms with E-state index in [0.717, 1.165) is 11.1 Å². The molecule has 0 spiro atoms. The fourth-order valence-corrected chi connectivity index (χ4v) is 1.50. The van der Waals surface area contributed by atoms with Gasteiger partial charge >= 0.3 is 0 Å². The van der Waals surface area contributed by atoms with Crippen molar-refractivity contribution in [2.75, 3.05) is 7.11 Å². The van der Waals surface area contributed by atoms with Crippen molar-refractivity contribution < 1.29 is 9.84 Å². The zero-order valence-corrected chi connectivity index (χ0v) is 8.47. The maximum Gasteiger partial charge on any atom is 0.160 e. The number of rotatable bonds is 2. The molecule has 0 fully saturated rings. The number of aromatic hydroxyl groups is 1. The fraction of sp³-hybridized carbons (Fsp3) is 0.0769. The molecule has 0 unspecified atom stereocenters. The van der Waals surface area contributed by atoms with E-state index in [-0.39, 0.29) is 5.75 Å². The molecular formula is C13H12O2. The molecule has 2 aromatic rings. The van der Waals surface area contributed by atoms with Crippen LogP contribution in [0.3, 0.4) is 0 Å². The van der Waals surface area contributed by atoms with Gasteiger partial charge in [0.25, 0.3) is 0 Å².